The third-order valence-corrected chi connectivity index (χ3v) is 3.95. The van der Waals surface area contributed by atoms with E-state index in [1.54, 1.807) is 18.3 Å². The van der Waals surface area contributed by atoms with Crippen LogP contribution in [-0.2, 0) is 0 Å². The van der Waals surface area contributed by atoms with Crippen molar-refractivity contribution in [1.29, 1.82) is 0 Å². The smallest absolute Gasteiger partial charge is 0.163 e. The molecule has 1 heterocycles. The average Bonchev–Trinajstić information content (AvgIpc) is 3.39. The van der Waals surface area contributed by atoms with Gasteiger partial charge in [0, 0.05) is 23.7 Å². The molecule has 5 nitrogen and oxygen atoms in total. The molecule has 1 unspecified atom stereocenters. The van der Waals surface area contributed by atoms with Crippen LogP contribution < -0.4 is 14.8 Å². The molecule has 0 spiro atoms. The summed E-state index contributed by atoms with van der Waals surface area (Å²) in [4.78, 5) is 8.79. The highest BCUT2D eigenvalue weighted by atomic mass is 19.1. The van der Waals surface area contributed by atoms with Crippen LogP contribution >= 0.6 is 0 Å². The molecular weight excluding hydrogens is 297 g/mol. The van der Waals surface area contributed by atoms with E-state index in [1.165, 1.54) is 20.3 Å². The molecule has 0 amide bonds. The monoisotopic (exact) mass is 317 g/mol. The zero-order valence-corrected chi connectivity index (χ0v) is 13.5. The Morgan fingerprint density at radius 1 is 1.22 bits per heavy atom. The summed E-state index contributed by atoms with van der Waals surface area (Å²) in [6, 6.07) is 4.51. The lowest BCUT2D eigenvalue weighted by molar-refractivity contribution is 0.351. The van der Waals surface area contributed by atoms with E-state index in [0.717, 1.165) is 18.7 Å². The van der Waals surface area contributed by atoms with Crippen molar-refractivity contribution in [3.8, 4) is 11.5 Å². The first-order chi connectivity index (χ1) is 11.1. The second-order valence-corrected chi connectivity index (χ2v) is 5.67. The zero-order valence-electron chi connectivity index (χ0n) is 13.5. The molecule has 1 aromatic heterocycles. The van der Waals surface area contributed by atoms with Crippen LogP contribution in [0.3, 0.4) is 0 Å². The number of halogens is 1. The zero-order chi connectivity index (χ0) is 16.4. The van der Waals surface area contributed by atoms with Gasteiger partial charge in [-0.2, -0.15) is 0 Å². The van der Waals surface area contributed by atoms with Gasteiger partial charge in [0.1, 0.15) is 17.5 Å². The fourth-order valence-electron chi connectivity index (χ4n) is 2.49. The molecule has 1 aliphatic rings. The van der Waals surface area contributed by atoms with Gasteiger partial charge in [-0.05, 0) is 31.9 Å². The standard InChI is InChI=1S/C17H20FN3O2/c1-10(12-8-14(22-2)15(23-3)9-13(12)18)20-16-6-7-19-17(21-16)11-4-5-11/h6-11H,4-5H2,1-3H3,(H,19,20,21). The summed E-state index contributed by atoms with van der Waals surface area (Å²) >= 11 is 0. The SMILES string of the molecule is COc1cc(F)c(C(C)Nc2ccnc(C3CC3)n2)cc1OC. The van der Waals surface area contributed by atoms with Gasteiger partial charge in [-0.15, -0.1) is 0 Å². The maximum Gasteiger partial charge on any atom is 0.163 e. The number of hydrogen-bond acceptors (Lipinski definition) is 5. The van der Waals surface area contributed by atoms with E-state index in [-0.39, 0.29) is 11.9 Å². The first-order valence-electron chi connectivity index (χ1n) is 7.63. The van der Waals surface area contributed by atoms with Crippen LogP contribution in [0, 0.1) is 5.82 Å². The van der Waals surface area contributed by atoms with E-state index in [1.807, 2.05) is 6.92 Å². The van der Waals surface area contributed by atoms with Crippen LogP contribution in [0.5, 0.6) is 11.5 Å². The highest BCUT2D eigenvalue weighted by Gasteiger charge is 2.26. The van der Waals surface area contributed by atoms with Gasteiger partial charge in [-0.25, -0.2) is 14.4 Å². The minimum absolute atomic E-state index is 0.267. The van der Waals surface area contributed by atoms with Gasteiger partial charge in [0.15, 0.2) is 11.5 Å². The normalized spacial score (nSPS) is 15.1. The lowest BCUT2D eigenvalue weighted by Crippen LogP contribution is -2.11. The molecule has 0 bridgehead atoms. The predicted octanol–water partition coefficient (Wildman–Crippen LogP) is 3.68. The van der Waals surface area contributed by atoms with Crippen LogP contribution in [0.25, 0.3) is 0 Å². The fraction of sp³-hybridized carbons (Fsp3) is 0.412. The van der Waals surface area contributed by atoms with Crippen molar-refractivity contribution in [1.82, 2.24) is 9.97 Å². The van der Waals surface area contributed by atoms with Crippen molar-refractivity contribution in [2.75, 3.05) is 19.5 Å². The van der Waals surface area contributed by atoms with Gasteiger partial charge in [-0.3, -0.25) is 0 Å². The van der Waals surface area contributed by atoms with Gasteiger partial charge in [0.05, 0.1) is 20.3 Å². The Morgan fingerprint density at radius 2 is 1.91 bits per heavy atom. The predicted molar refractivity (Wildman–Crippen MR) is 85.5 cm³/mol. The molecule has 1 saturated carbocycles. The minimum Gasteiger partial charge on any atom is -0.493 e. The Labute approximate surface area is 134 Å². The molecule has 1 fully saturated rings. The lowest BCUT2D eigenvalue weighted by Gasteiger charge is -2.18. The van der Waals surface area contributed by atoms with Gasteiger partial charge in [-0.1, -0.05) is 0 Å². The summed E-state index contributed by atoms with van der Waals surface area (Å²) in [7, 11) is 3.02. The molecule has 0 aliphatic heterocycles. The first-order valence-corrected chi connectivity index (χ1v) is 7.63. The Hall–Kier alpha value is -2.37. The third-order valence-electron chi connectivity index (χ3n) is 3.95. The molecule has 2 aromatic rings. The Kier molecular flexibility index (Phi) is 4.32. The number of rotatable bonds is 6. The second-order valence-electron chi connectivity index (χ2n) is 5.67. The Bertz CT molecular complexity index is 704. The van der Waals surface area contributed by atoms with Gasteiger partial charge < -0.3 is 14.8 Å². The fourth-order valence-corrected chi connectivity index (χ4v) is 2.49. The van der Waals surface area contributed by atoms with Crippen molar-refractivity contribution in [2.45, 2.75) is 31.7 Å². The number of aromatic nitrogens is 2. The van der Waals surface area contributed by atoms with Gasteiger partial charge >= 0.3 is 0 Å². The number of anilines is 1. The highest BCUT2D eigenvalue weighted by Crippen LogP contribution is 2.38. The van der Waals surface area contributed by atoms with E-state index in [9.17, 15) is 4.39 Å². The van der Waals surface area contributed by atoms with Gasteiger partial charge in [0.2, 0.25) is 0 Å². The molecule has 3 rings (SSSR count). The van der Waals surface area contributed by atoms with Crippen molar-refractivity contribution in [3.63, 3.8) is 0 Å². The summed E-state index contributed by atoms with van der Waals surface area (Å²) in [6.07, 6.45) is 4.02. The molecule has 1 N–H and O–H groups in total. The summed E-state index contributed by atoms with van der Waals surface area (Å²) in [5, 5.41) is 3.22. The summed E-state index contributed by atoms with van der Waals surface area (Å²) in [6.45, 7) is 1.88. The summed E-state index contributed by atoms with van der Waals surface area (Å²) in [5.41, 5.74) is 0.495. The van der Waals surface area contributed by atoms with E-state index < -0.39 is 0 Å². The second kappa shape index (κ2) is 6.40. The molecule has 122 valence electrons. The van der Waals surface area contributed by atoms with E-state index in [2.05, 4.69) is 15.3 Å². The van der Waals surface area contributed by atoms with Crippen LogP contribution in [0.4, 0.5) is 10.2 Å². The molecule has 1 aromatic carbocycles. The number of nitrogens with zero attached hydrogens (tertiary/aromatic N) is 2. The number of methoxy groups -OCH3 is 2. The van der Waals surface area contributed by atoms with Crippen LogP contribution in [0.1, 0.15) is 43.1 Å². The van der Waals surface area contributed by atoms with E-state index >= 15 is 0 Å². The molecule has 1 atom stereocenters. The molecule has 1 aliphatic carbocycles. The largest absolute Gasteiger partial charge is 0.493 e. The number of hydrogen-bond donors (Lipinski definition) is 1. The Morgan fingerprint density at radius 3 is 2.57 bits per heavy atom. The number of ether oxygens (including phenoxy) is 2. The summed E-state index contributed by atoms with van der Waals surface area (Å²) < 4.78 is 24.7. The van der Waals surface area contributed by atoms with Crippen LogP contribution in [0.2, 0.25) is 0 Å². The number of benzene rings is 1. The lowest BCUT2D eigenvalue weighted by atomic mass is 10.1. The highest BCUT2D eigenvalue weighted by molar-refractivity contribution is 5.47. The van der Waals surface area contributed by atoms with Crippen LogP contribution in [-0.4, -0.2) is 24.2 Å². The molecule has 0 radical (unpaired) electrons. The number of nitrogens with one attached hydrogen (secondary N) is 1. The topological polar surface area (TPSA) is 56.3 Å². The van der Waals surface area contributed by atoms with E-state index in [0.29, 0.717) is 28.8 Å². The average molecular weight is 317 g/mol. The first kappa shape index (κ1) is 15.5. The summed E-state index contributed by atoms with van der Waals surface area (Å²) in [5.74, 6) is 2.56. The molecule has 23 heavy (non-hydrogen) atoms. The quantitative estimate of drug-likeness (QED) is 0.880. The minimum atomic E-state index is -0.348. The Balaban J connectivity index is 1.82. The van der Waals surface area contributed by atoms with Gasteiger partial charge in [0.25, 0.3) is 0 Å². The molecular formula is C17H20FN3O2. The molecule has 6 heteroatoms. The molecule has 0 saturated heterocycles. The van der Waals surface area contributed by atoms with Crippen molar-refractivity contribution in [2.24, 2.45) is 0 Å². The van der Waals surface area contributed by atoms with Crippen molar-refractivity contribution >= 4 is 5.82 Å². The van der Waals surface area contributed by atoms with E-state index in [4.69, 9.17) is 9.47 Å². The van der Waals surface area contributed by atoms with Crippen molar-refractivity contribution < 1.29 is 13.9 Å². The maximum atomic E-state index is 14.3. The third kappa shape index (κ3) is 3.36. The van der Waals surface area contributed by atoms with Crippen molar-refractivity contribution in [3.05, 3.63) is 41.6 Å². The maximum absolute atomic E-state index is 14.3. The van der Waals surface area contributed by atoms with Crippen LogP contribution in [0.15, 0.2) is 24.4 Å².